The van der Waals surface area contributed by atoms with Crippen molar-refractivity contribution < 1.29 is 9.59 Å². The maximum Gasteiger partial charge on any atom is 0.239 e. The number of amides is 2. The number of carbonyl (C=O) groups is 2. The SMILES string of the molecule is C=CCCCCCC[C@H](NC(=O)Cc1ccc2ccccc2c1)C(N)=O. The highest BCUT2D eigenvalue weighted by Crippen LogP contribution is 2.16. The van der Waals surface area contributed by atoms with Crippen molar-refractivity contribution in [3.63, 3.8) is 0 Å². The first-order valence-corrected chi connectivity index (χ1v) is 9.27. The van der Waals surface area contributed by atoms with Gasteiger partial charge in [0.1, 0.15) is 6.04 Å². The Morgan fingerprint density at radius 3 is 2.50 bits per heavy atom. The Morgan fingerprint density at radius 1 is 1.04 bits per heavy atom. The van der Waals surface area contributed by atoms with Crippen molar-refractivity contribution >= 4 is 22.6 Å². The first-order valence-electron chi connectivity index (χ1n) is 9.27. The molecule has 4 nitrogen and oxygen atoms in total. The van der Waals surface area contributed by atoms with E-state index in [1.54, 1.807) is 0 Å². The van der Waals surface area contributed by atoms with Crippen LogP contribution in [0.3, 0.4) is 0 Å². The van der Waals surface area contributed by atoms with Crippen LogP contribution in [0.4, 0.5) is 0 Å². The molecule has 0 aromatic heterocycles. The Balaban J connectivity index is 1.84. The Bertz CT molecular complexity index is 755. The number of hydrogen-bond donors (Lipinski definition) is 2. The third-order valence-electron chi connectivity index (χ3n) is 4.51. The lowest BCUT2D eigenvalue weighted by atomic mass is 10.0. The maximum atomic E-state index is 12.3. The van der Waals surface area contributed by atoms with E-state index >= 15 is 0 Å². The van der Waals surface area contributed by atoms with E-state index in [0.29, 0.717) is 6.42 Å². The number of nitrogens with two attached hydrogens (primary N) is 1. The van der Waals surface area contributed by atoms with Gasteiger partial charge in [0.25, 0.3) is 0 Å². The summed E-state index contributed by atoms with van der Waals surface area (Å²) in [5.41, 5.74) is 6.37. The smallest absolute Gasteiger partial charge is 0.239 e. The van der Waals surface area contributed by atoms with Gasteiger partial charge in [0.2, 0.25) is 11.8 Å². The number of benzene rings is 2. The van der Waals surface area contributed by atoms with Crippen LogP contribution in [0.1, 0.15) is 44.1 Å². The number of rotatable bonds is 11. The molecule has 138 valence electrons. The third kappa shape index (κ3) is 6.36. The summed E-state index contributed by atoms with van der Waals surface area (Å²) in [5.74, 6) is -0.640. The quantitative estimate of drug-likeness (QED) is 0.476. The van der Waals surface area contributed by atoms with Gasteiger partial charge in [-0.1, -0.05) is 67.8 Å². The summed E-state index contributed by atoms with van der Waals surface area (Å²) >= 11 is 0. The van der Waals surface area contributed by atoms with Crippen LogP contribution < -0.4 is 11.1 Å². The number of nitrogens with one attached hydrogen (secondary N) is 1. The largest absolute Gasteiger partial charge is 0.368 e. The van der Waals surface area contributed by atoms with Gasteiger partial charge in [-0.15, -0.1) is 6.58 Å². The molecule has 0 unspecified atom stereocenters. The molecule has 4 heteroatoms. The van der Waals surface area contributed by atoms with E-state index in [2.05, 4.69) is 11.9 Å². The van der Waals surface area contributed by atoms with Crippen molar-refractivity contribution in [3.05, 3.63) is 60.7 Å². The molecular weight excluding hydrogens is 324 g/mol. The highest BCUT2D eigenvalue weighted by atomic mass is 16.2. The molecule has 2 rings (SSSR count). The summed E-state index contributed by atoms with van der Waals surface area (Å²) in [5, 5.41) is 5.03. The van der Waals surface area contributed by atoms with Crippen molar-refractivity contribution in [2.45, 2.75) is 51.0 Å². The summed E-state index contributed by atoms with van der Waals surface area (Å²) in [7, 11) is 0. The lowest BCUT2D eigenvalue weighted by Gasteiger charge is -2.15. The van der Waals surface area contributed by atoms with Crippen LogP contribution in [0, 0.1) is 0 Å². The predicted octanol–water partition coefficient (Wildman–Crippen LogP) is 3.88. The van der Waals surface area contributed by atoms with E-state index in [1.807, 2.05) is 48.5 Å². The van der Waals surface area contributed by atoms with Crippen molar-refractivity contribution in [1.82, 2.24) is 5.32 Å². The molecule has 0 aliphatic heterocycles. The fourth-order valence-corrected chi connectivity index (χ4v) is 3.06. The molecule has 0 aliphatic carbocycles. The van der Waals surface area contributed by atoms with Gasteiger partial charge in [0.05, 0.1) is 6.42 Å². The molecule has 0 spiro atoms. The summed E-state index contributed by atoms with van der Waals surface area (Å²) in [6, 6.07) is 13.4. The summed E-state index contributed by atoms with van der Waals surface area (Å²) in [4.78, 5) is 23.9. The number of carbonyl (C=O) groups excluding carboxylic acids is 2. The van der Waals surface area contributed by atoms with Crippen molar-refractivity contribution in [2.75, 3.05) is 0 Å². The van der Waals surface area contributed by atoms with E-state index in [4.69, 9.17) is 5.73 Å². The molecule has 2 amide bonds. The second kappa shape index (κ2) is 10.4. The van der Waals surface area contributed by atoms with Crippen LogP contribution in [0.15, 0.2) is 55.1 Å². The summed E-state index contributed by atoms with van der Waals surface area (Å²) < 4.78 is 0. The van der Waals surface area contributed by atoms with Crippen LogP contribution in [0.2, 0.25) is 0 Å². The number of primary amides is 1. The normalized spacial score (nSPS) is 11.8. The number of fused-ring (bicyclic) bond motifs is 1. The first-order chi connectivity index (χ1) is 12.6. The zero-order valence-corrected chi connectivity index (χ0v) is 15.2. The van der Waals surface area contributed by atoms with Crippen LogP contribution >= 0.6 is 0 Å². The Labute approximate surface area is 155 Å². The fraction of sp³-hybridized carbons (Fsp3) is 0.364. The van der Waals surface area contributed by atoms with Crippen molar-refractivity contribution in [2.24, 2.45) is 5.73 Å². The first kappa shape index (κ1) is 19.7. The minimum absolute atomic E-state index is 0.171. The zero-order valence-electron chi connectivity index (χ0n) is 15.2. The molecule has 3 N–H and O–H groups in total. The van der Waals surface area contributed by atoms with Gasteiger partial charge in [-0.25, -0.2) is 0 Å². The average Bonchev–Trinajstić information content (AvgIpc) is 2.63. The van der Waals surface area contributed by atoms with E-state index in [-0.39, 0.29) is 12.3 Å². The van der Waals surface area contributed by atoms with Gasteiger partial charge >= 0.3 is 0 Å². The highest BCUT2D eigenvalue weighted by Gasteiger charge is 2.17. The average molecular weight is 352 g/mol. The van der Waals surface area contributed by atoms with Crippen LogP contribution in [0.25, 0.3) is 10.8 Å². The van der Waals surface area contributed by atoms with Gasteiger partial charge in [0, 0.05) is 0 Å². The number of unbranched alkanes of at least 4 members (excludes halogenated alkanes) is 4. The number of hydrogen-bond acceptors (Lipinski definition) is 2. The summed E-state index contributed by atoms with van der Waals surface area (Å²) in [6.45, 7) is 3.70. The molecule has 0 bridgehead atoms. The van der Waals surface area contributed by atoms with E-state index < -0.39 is 11.9 Å². The van der Waals surface area contributed by atoms with Gasteiger partial charge in [-0.3, -0.25) is 9.59 Å². The molecule has 0 saturated carbocycles. The molecule has 0 aliphatic rings. The summed E-state index contributed by atoms with van der Waals surface area (Å²) in [6.07, 6.45) is 7.88. The molecule has 0 fully saturated rings. The second-order valence-corrected chi connectivity index (χ2v) is 6.66. The Hall–Kier alpha value is -2.62. The fourth-order valence-electron chi connectivity index (χ4n) is 3.06. The molecule has 1 atom stereocenters. The van der Waals surface area contributed by atoms with Gasteiger partial charge < -0.3 is 11.1 Å². The van der Waals surface area contributed by atoms with Crippen LogP contribution in [-0.4, -0.2) is 17.9 Å². The van der Waals surface area contributed by atoms with Gasteiger partial charge in [-0.05, 0) is 35.6 Å². The van der Waals surface area contributed by atoms with Crippen LogP contribution in [0.5, 0.6) is 0 Å². The topological polar surface area (TPSA) is 72.2 Å². The molecule has 2 aromatic rings. The molecule has 0 heterocycles. The van der Waals surface area contributed by atoms with Crippen molar-refractivity contribution in [1.29, 1.82) is 0 Å². The van der Waals surface area contributed by atoms with E-state index in [0.717, 1.165) is 48.4 Å². The Kier molecular flexibility index (Phi) is 7.87. The maximum absolute atomic E-state index is 12.3. The zero-order chi connectivity index (χ0) is 18.8. The van der Waals surface area contributed by atoms with E-state index in [1.165, 1.54) is 0 Å². The molecule has 0 saturated heterocycles. The molecule has 26 heavy (non-hydrogen) atoms. The van der Waals surface area contributed by atoms with Crippen molar-refractivity contribution in [3.8, 4) is 0 Å². The standard InChI is InChI=1S/C22H28N2O2/c1-2-3-4-5-6-7-12-20(22(23)26)24-21(25)16-17-13-14-18-10-8-9-11-19(18)15-17/h2,8-11,13-15,20H,1,3-7,12,16H2,(H2,23,26)(H,24,25)/t20-/m0/s1. The Morgan fingerprint density at radius 2 is 1.77 bits per heavy atom. The van der Waals surface area contributed by atoms with Crippen LogP contribution in [-0.2, 0) is 16.0 Å². The minimum Gasteiger partial charge on any atom is -0.368 e. The number of allylic oxidation sites excluding steroid dienone is 1. The lowest BCUT2D eigenvalue weighted by molar-refractivity contribution is -0.127. The molecule has 0 radical (unpaired) electrons. The van der Waals surface area contributed by atoms with E-state index in [9.17, 15) is 9.59 Å². The highest BCUT2D eigenvalue weighted by molar-refractivity contribution is 5.88. The monoisotopic (exact) mass is 352 g/mol. The minimum atomic E-state index is -0.595. The molecular formula is C22H28N2O2. The predicted molar refractivity (Wildman–Crippen MR) is 107 cm³/mol. The third-order valence-corrected chi connectivity index (χ3v) is 4.51. The second-order valence-electron chi connectivity index (χ2n) is 6.66. The van der Waals surface area contributed by atoms with Gasteiger partial charge in [0.15, 0.2) is 0 Å². The molecule has 2 aromatic carbocycles. The van der Waals surface area contributed by atoms with Gasteiger partial charge in [-0.2, -0.15) is 0 Å². The lowest BCUT2D eigenvalue weighted by Crippen LogP contribution is -2.44.